The van der Waals surface area contributed by atoms with Gasteiger partial charge in [-0.05, 0) is 31.5 Å². The molecule has 2 aromatic rings. The largest absolute Gasteiger partial charge is 0.453 e. The molecule has 0 aromatic carbocycles. The molecule has 15 heavy (non-hydrogen) atoms. The number of hydrogen-bond acceptors (Lipinski definition) is 3. The van der Waals surface area contributed by atoms with Crippen LogP contribution < -0.4 is 5.73 Å². The van der Waals surface area contributed by atoms with Crippen LogP contribution in [-0.2, 0) is 0 Å². The fourth-order valence-corrected chi connectivity index (χ4v) is 1.47. The van der Waals surface area contributed by atoms with E-state index in [-0.39, 0.29) is 0 Å². The molecule has 2 heterocycles. The Labute approximate surface area is 87.8 Å². The number of nitrogens with zero attached hydrogens (tertiary/aromatic N) is 1. The van der Waals surface area contributed by atoms with Crippen molar-refractivity contribution in [3.63, 3.8) is 0 Å². The van der Waals surface area contributed by atoms with Crippen LogP contribution in [0.15, 0.2) is 23.1 Å². The maximum Gasteiger partial charge on any atom is 0.155 e. The van der Waals surface area contributed by atoms with Crippen LogP contribution in [0.4, 0.5) is 0 Å². The van der Waals surface area contributed by atoms with Crippen LogP contribution in [0.25, 0.3) is 17.2 Å². The van der Waals surface area contributed by atoms with E-state index in [0.717, 1.165) is 17.0 Å². The van der Waals surface area contributed by atoms with Crippen molar-refractivity contribution in [1.29, 1.82) is 0 Å². The number of aryl methyl sites for hydroxylation is 2. The Balaban J connectivity index is 2.46. The van der Waals surface area contributed by atoms with Crippen LogP contribution in [0, 0.1) is 13.8 Å². The second kappa shape index (κ2) is 3.31. The lowest BCUT2D eigenvalue weighted by Gasteiger charge is -1.94. The molecule has 0 unspecified atom stereocenters. The highest BCUT2D eigenvalue weighted by Gasteiger charge is 2.12. The summed E-state index contributed by atoms with van der Waals surface area (Å²) in [4.78, 5) is 0. The van der Waals surface area contributed by atoms with Gasteiger partial charge in [0.1, 0.15) is 5.69 Å². The standard InChI is InChI=1S/C11H13N3O/c1-6-4-10(15-11(6)8(3)12)9-5-7(2)13-14-9/h4-5H,3,12H2,1-2H3,(H,13,14). The molecule has 2 aromatic heterocycles. The molecule has 0 amide bonds. The second-order valence-corrected chi connectivity index (χ2v) is 3.58. The maximum atomic E-state index is 5.59. The SMILES string of the molecule is C=C(N)c1oc(-c2cc(C)[nH]n2)cc1C. The topological polar surface area (TPSA) is 67.8 Å². The van der Waals surface area contributed by atoms with Gasteiger partial charge in [0.25, 0.3) is 0 Å². The third-order valence-corrected chi connectivity index (χ3v) is 2.17. The summed E-state index contributed by atoms with van der Waals surface area (Å²) in [7, 11) is 0. The normalized spacial score (nSPS) is 10.5. The highest BCUT2D eigenvalue weighted by atomic mass is 16.3. The minimum Gasteiger partial charge on any atom is -0.453 e. The molecule has 0 fully saturated rings. The molecule has 0 aliphatic rings. The number of aromatic nitrogens is 2. The highest BCUT2D eigenvalue weighted by molar-refractivity contribution is 5.64. The Hall–Kier alpha value is -1.97. The van der Waals surface area contributed by atoms with Crippen molar-refractivity contribution in [2.45, 2.75) is 13.8 Å². The van der Waals surface area contributed by atoms with Crippen LogP contribution in [0.3, 0.4) is 0 Å². The van der Waals surface area contributed by atoms with Crippen LogP contribution in [0.1, 0.15) is 17.0 Å². The lowest BCUT2D eigenvalue weighted by molar-refractivity contribution is 0.562. The Bertz CT molecular complexity index is 508. The van der Waals surface area contributed by atoms with E-state index in [1.165, 1.54) is 0 Å². The number of H-pyrrole nitrogens is 1. The molecule has 78 valence electrons. The molecule has 0 aliphatic heterocycles. The molecule has 0 saturated heterocycles. The van der Waals surface area contributed by atoms with E-state index in [1.807, 2.05) is 26.0 Å². The molecule has 0 spiro atoms. The first-order chi connectivity index (χ1) is 7.08. The molecule has 0 bridgehead atoms. The van der Waals surface area contributed by atoms with Gasteiger partial charge in [-0.3, -0.25) is 5.10 Å². The van der Waals surface area contributed by atoms with Crippen molar-refractivity contribution in [3.8, 4) is 11.5 Å². The van der Waals surface area contributed by atoms with Crippen molar-refractivity contribution in [1.82, 2.24) is 10.2 Å². The van der Waals surface area contributed by atoms with E-state index in [1.54, 1.807) is 0 Å². The number of nitrogens with one attached hydrogen (secondary N) is 1. The van der Waals surface area contributed by atoms with Gasteiger partial charge in [0.15, 0.2) is 11.5 Å². The van der Waals surface area contributed by atoms with Crippen molar-refractivity contribution >= 4 is 5.70 Å². The molecular formula is C11H13N3O. The van der Waals surface area contributed by atoms with Gasteiger partial charge in [-0.2, -0.15) is 5.10 Å². The molecule has 0 radical (unpaired) electrons. The van der Waals surface area contributed by atoms with E-state index in [4.69, 9.17) is 10.2 Å². The van der Waals surface area contributed by atoms with Crippen molar-refractivity contribution in [2.75, 3.05) is 0 Å². The summed E-state index contributed by atoms with van der Waals surface area (Å²) in [6.45, 7) is 7.52. The predicted octanol–water partition coefficient (Wildman–Crippen LogP) is 2.22. The van der Waals surface area contributed by atoms with Crippen molar-refractivity contribution in [2.24, 2.45) is 5.73 Å². The van der Waals surface area contributed by atoms with E-state index in [0.29, 0.717) is 17.2 Å². The van der Waals surface area contributed by atoms with Crippen LogP contribution in [-0.4, -0.2) is 10.2 Å². The molecule has 2 rings (SSSR count). The quantitative estimate of drug-likeness (QED) is 0.786. The fraction of sp³-hybridized carbons (Fsp3) is 0.182. The second-order valence-electron chi connectivity index (χ2n) is 3.58. The summed E-state index contributed by atoms with van der Waals surface area (Å²) in [5.41, 5.74) is 8.77. The lowest BCUT2D eigenvalue weighted by atomic mass is 10.2. The molecule has 4 nitrogen and oxygen atoms in total. The summed E-state index contributed by atoms with van der Waals surface area (Å²) < 4.78 is 5.57. The van der Waals surface area contributed by atoms with Gasteiger partial charge < -0.3 is 10.2 Å². The molecular weight excluding hydrogens is 190 g/mol. The third-order valence-electron chi connectivity index (χ3n) is 2.17. The van der Waals surface area contributed by atoms with Gasteiger partial charge in [0, 0.05) is 5.69 Å². The van der Waals surface area contributed by atoms with Crippen molar-refractivity contribution < 1.29 is 4.42 Å². The summed E-state index contributed by atoms with van der Waals surface area (Å²) in [6, 6.07) is 3.82. The Kier molecular flexibility index (Phi) is 2.11. The first kappa shape index (κ1) is 9.58. The summed E-state index contributed by atoms with van der Waals surface area (Å²) in [5.74, 6) is 1.34. The average molecular weight is 203 g/mol. The van der Waals surface area contributed by atoms with Crippen LogP contribution >= 0.6 is 0 Å². The number of furan rings is 1. The van der Waals surface area contributed by atoms with E-state index in [9.17, 15) is 0 Å². The predicted molar refractivity (Wildman–Crippen MR) is 59.0 cm³/mol. The van der Waals surface area contributed by atoms with Gasteiger partial charge in [-0.25, -0.2) is 0 Å². The number of aromatic amines is 1. The van der Waals surface area contributed by atoms with E-state index >= 15 is 0 Å². The minimum atomic E-state index is 0.436. The van der Waals surface area contributed by atoms with Gasteiger partial charge >= 0.3 is 0 Å². The highest BCUT2D eigenvalue weighted by Crippen LogP contribution is 2.26. The van der Waals surface area contributed by atoms with E-state index in [2.05, 4.69) is 16.8 Å². The molecule has 0 aliphatic carbocycles. The zero-order valence-corrected chi connectivity index (χ0v) is 8.79. The monoisotopic (exact) mass is 203 g/mol. The first-order valence-corrected chi connectivity index (χ1v) is 4.65. The Morgan fingerprint density at radius 1 is 1.47 bits per heavy atom. The lowest BCUT2D eigenvalue weighted by Crippen LogP contribution is -1.92. The van der Waals surface area contributed by atoms with Gasteiger partial charge in [-0.1, -0.05) is 6.58 Å². The average Bonchev–Trinajstić information content (AvgIpc) is 2.71. The zero-order chi connectivity index (χ0) is 11.0. The minimum absolute atomic E-state index is 0.436. The molecule has 0 saturated carbocycles. The van der Waals surface area contributed by atoms with Gasteiger partial charge in [0.2, 0.25) is 0 Å². The number of nitrogens with two attached hydrogens (primary N) is 1. The van der Waals surface area contributed by atoms with Crippen LogP contribution in [0.5, 0.6) is 0 Å². The van der Waals surface area contributed by atoms with Gasteiger partial charge in [0.05, 0.1) is 5.70 Å². The first-order valence-electron chi connectivity index (χ1n) is 4.65. The number of rotatable bonds is 2. The third kappa shape index (κ3) is 1.66. The zero-order valence-electron chi connectivity index (χ0n) is 8.79. The summed E-state index contributed by atoms with van der Waals surface area (Å²) in [6.07, 6.45) is 0. The maximum absolute atomic E-state index is 5.59. The Morgan fingerprint density at radius 2 is 2.20 bits per heavy atom. The summed E-state index contributed by atoms with van der Waals surface area (Å²) >= 11 is 0. The Morgan fingerprint density at radius 3 is 2.67 bits per heavy atom. The molecule has 4 heteroatoms. The molecule has 0 atom stereocenters. The number of hydrogen-bond donors (Lipinski definition) is 2. The smallest absolute Gasteiger partial charge is 0.155 e. The van der Waals surface area contributed by atoms with E-state index < -0.39 is 0 Å². The molecule has 3 N–H and O–H groups in total. The fourth-order valence-electron chi connectivity index (χ4n) is 1.47. The van der Waals surface area contributed by atoms with Crippen molar-refractivity contribution in [3.05, 3.63) is 35.7 Å². The van der Waals surface area contributed by atoms with Crippen LogP contribution in [0.2, 0.25) is 0 Å². The van der Waals surface area contributed by atoms with Gasteiger partial charge in [-0.15, -0.1) is 0 Å². The summed E-state index contributed by atoms with van der Waals surface area (Å²) in [5, 5.41) is 6.97.